The van der Waals surface area contributed by atoms with Crippen LogP contribution in [0.4, 0.5) is 0 Å². The van der Waals surface area contributed by atoms with Gasteiger partial charge in [-0.2, -0.15) is 0 Å². The van der Waals surface area contributed by atoms with Crippen molar-refractivity contribution < 1.29 is 9.84 Å². The Bertz CT molecular complexity index is 384. The predicted octanol–water partition coefficient (Wildman–Crippen LogP) is 3.31. The highest BCUT2D eigenvalue weighted by Gasteiger charge is 2.60. The first kappa shape index (κ1) is 16.7. The third-order valence-electron chi connectivity index (χ3n) is 6.94. The number of β-amino-alcohol motifs (C(OH)–C–C–N with tert-alkyl or cyclic N) is 1. The average molecular weight is 309 g/mol. The van der Waals surface area contributed by atoms with Gasteiger partial charge >= 0.3 is 0 Å². The second kappa shape index (κ2) is 6.07. The van der Waals surface area contributed by atoms with Crippen LogP contribution >= 0.6 is 0 Å². The molecular weight excluding hydrogens is 274 g/mol. The van der Waals surface area contributed by atoms with Gasteiger partial charge in [-0.25, -0.2) is 0 Å². The van der Waals surface area contributed by atoms with Crippen molar-refractivity contribution >= 4 is 0 Å². The molecule has 3 rings (SSSR count). The van der Waals surface area contributed by atoms with Gasteiger partial charge in [-0.1, -0.05) is 27.7 Å². The number of fused-ring (bicyclic) bond motifs is 2. The third-order valence-corrected chi connectivity index (χ3v) is 6.94. The second-order valence-corrected chi connectivity index (χ2v) is 9.27. The molecule has 0 spiro atoms. The molecule has 128 valence electrons. The third kappa shape index (κ3) is 3.09. The largest absolute Gasteiger partial charge is 0.389 e. The van der Waals surface area contributed by atoms with Gasteiger partial charge in [0.2, 0.25) is 0 Å². The molecule has 3 aliphatic rings. The molecule has 1 N–H and O–H groups in total. The summed E-state index contributed by atoms with van der Waals surface area (Å²) in [4.78, 5) is 2.40. The zero-order valence-electron chi connectivity index (χ0n) is 15.0. The average Bonchev–Trinajstić information content (AvgIpc) is 2.92. The Labute approximate surface area is 136 Å². The van der Waals surface area contributed by atoms with Gasteiger partial charge in [-0.3, -0.25) is 0 Å². The highest BCUT2D eigenvalue weighted by molar-refractivity contribution is 5.09. The van der Waals surface area contributed by atoms with Gasteiger partial charge in [-0.05, 0) is 67.9 Å². The smallest absolute Gasteiger partial charge is 0.0900 e. The highest BCUT2D eigenvalue weighted by Crippen LogP contribution is 2.63. The van der Waals surface area contributed by atoms with E-state index in [2.05, 4.69) is 32.6 Å². The van der Waals surface area contributed by atoms with Crippen molar-refractivity contribution in [1.29, 1.82) is 0 Å². The van der Waals surface area contributed by atoms with Crippen LogP contribution in [-0.2, 0) is 4.74 Å². The minimum atomic E-state index is -0.341. The van der Waals surface area contributed by atoms with Gasteiger partial charge in [0.1, 0.15) is 0 Å². The van der Waals surface area contributed by atoms with Gasteiger partial charge in [0.05, 0.1) is 18.8 Å². The topological polar surface area (TPSA) is 32.7 Å². The van der Waals surface area contributed by atoms with Gasteiger partial charge in [0.25, 0.3) is 0 Å². The van der Waals surface area contributed by atoms with Crippen molar-refractivity contribution in [2.24, 2.45) is 22.7 Å². The molecule has 0 aromatic heterocycles. The predicted molar refractivity (Wildman–Crippen MR) is 89.8 cm³/mol. The number of ether oxygens (including phenoxy) is 1. The van der Waals surface area contributed by atoms with Crippen molar-refractivity contribution in [3.63, 3.8) is 0 Å². The lowest BCUT2D eigenvalue weighted by Gasteiger charge is -2.42. The normalized spacial score (nSPS) is 40.2. The fourth-order valence-corrected chi connectivity index (χ4v) is 5.48. The molecule has 1 saturated heterocycles. The van der Waals surface area contributed by atoms with Crippen LogP contribution in [-0.4, -0.2) is 48.5 Å². The zero-order chi connectivity index (χ0) is 16.0. The highest BCUT2D eigenvalue weighted by atomic mass is 16.5. The Morgan fingerprint density at radius 1 is 1.18 bits per heavy atom. The van der Waals surface area contributed by atoms with Crippen molar-refractivity contribution in [3.8, 4) is 0 Å². The Hall–Kier alpha value is -0.120. The van der Waals surface area contributed by atoms with Gasteiger partial charge in [0.15, 0.2) is 0 Å². The standard InChI is InChI=1S/C19H35NO2/c1-14-6-9-20(10-7-14)12-16(21)13-22-17-18(2,3)15-5-8-19(17,4)11-15/h14-17,21H,5-13H2,1-4H3/t15-,16+,17-,19-/m1/s1. The zero-order valence-corrected chi connectivity index (χ0v) is 15.0. The molecule has 1 heterocycles. The number of nitrogens with zero attached hydrogens (tertiary/aromatic N) is 1. The lowest BCUT2D eigenvalue weighted by Crippen LogP contribution is -2.45. The van der Waals surface area contributed by atoms with Crippen LogP contribution in [0.25, 0.3) is 0 Å². The Morgan fingerprint density at radius 2 is 1.86 bits per heavy atom. The minimum Gasteiger partial charge on any atom is -0.389 e. The number of piperidine rings is 1. The molecular formula is C19H35NO2. The summed E-state index contributed by atoms with van der Waals surface area (Å²) in [7, 11) is 0. The fraction of sp³-hybridized carbons (Fsp3) is 1.00. The lowest BCUT2D eigenvalue weighted by atomic mass is 9.70. The van der Waals surface area contributed by atoms with Crippen molar-refractivity contribution in [2.45, 2.75) is 72.0 Å². The van der Waals surface area contributed by atoms with E-state index in [1.807, 2.05) is 0 Å². The first-order chi connectivity index (χ1) is 10.3. The lowest BCUT2D eigenvalue weighted by molar-refractivity contribution is -0.114. The first-order valence-corrected chi connectivity index (χ1v) is 9.33. The summed E-state index contributed by atoms with van der Waals surface area (Å²) in [6, 6.07) is 0. The molecule has 0 unspecified atom stereocenters. The molecule has 2 aliphatic carbocycles. The van der Waals surface area contributed by atoms with E-state index in [0.717, 1.165) is 31.5 Å². The molecule has 0 aromatic rings. The Morgan fingerprint density at radius 3 is 2.45 bits per heavy atom. The van der Waals surface area contributed by atoms with Gasteiger partial charge in [-0.15, -0.1) is 0 Å². The summed E-state index contributed by atoms with van der Waals surface area (Å²) in [6.45, 7) is 13.0. The molecule has 3 heteroatoms. The van der Waals surface area contributed by atoms with Crippen LogP contribution in [0.2, 0.25) is 0 Å². The second-order valence-electron chi connectivity index (χ2n) is 9.27. The maximum atomic E-state index is 10.4. The molecule has 3 nitrogen and oxygen atoms in total. The van der Waals surface area contributed by atoms with Gasteiger partial charge < -0.3 is 14.7 Å². The molecule has 1 aliphatic heterocycles. The quantitative estimate of drug-likeness (QED) is 0.846. The molecule has 0 aromatic carbocycles. The summed E-state index contributed by atoms with van der Waals surface area (Å²) < 4.78 is 6.30. The van der Waals surface area contributed by atoms with E-state index in [9.17, 15) is 5.11 Å². The van der Waals surface area contributed by atoms with Gasteiger partial charge in [0, 0.05) is 6.54 Å². The fourth-order valence-electron chi connectivity index (χ4n) is 5.48. The Balaban J connectivity index is 1.48. The molecule has 0 radical (unpaired) electrons. The van der Waals surface area contributed by atoms with Crippen molar-refractivity contribution in [2.75, 3.05) is 26.2 Å². The summed E-state index contributed by atoms with van der Waals surface area (Å²) in [6.07, 6.45) is 6.47. The SMILES string of the molecule is CC1CCN(C[C@H](O)CO[C@@H]2C(C)(C)[C@@H]3CC[C@]2(C)C3)CC1. The minimum absolute atomic E-state index is 0.271. The van der Waals surface area contributed by atoms with E-state index in [-0.39, 0.29) is 11.5 Å². The van der Waals surface area contributed by atoms with Crippen LogP contribution in [0.15, 0.2) is 0 Å². The summed E-state index contributed by atoms with van der Waals surface area (Å²) in [5.41, 5.74) is 0.613. The van der Waals surface area contributed by atoms with E-state index in [1.54, 1.807) is 0 Å². The van der Waals surface area contributed by atoms with Crippen LogP contribution < -0.4 is 0 Å². The molecule has 22 heavy (non-hydrogen) atoms. The summed E-state index contributed by atoms with van der Waals surface area (Å²) in [5, 5.41) is 10.4. The molecule has 4 atom stereocenters. The number of aliphatic hydroxyl groups excluding tert-OH is 1. The van der Waals surface area contributed by atoms with E-state index in [1.165, 1.54) is 32.1 Å². The van der Waals surface area contributed by atoms with Crippen LogP contribution in [0.5, 0.6) is 0 Å². The van der Waals surface area contributed by atoms with Crippen LogP contribution in [0, 0.1) is 22.7 Å². The summed E-state index contributed by atoms with van der Waals surface area (Å²) in [5.74, 6) is 1.66. The number of aliphatic hydroxyl groups is 1. The first-order valence-electron chi connectivity index (χ1n) is 9.33. The number of likely N-dealkylation sites (tertiary alicyclic amines) is 1. The molecule has 2 bridgehead atoms. The number of hydrogen-bond donors (Lipinski definition) is 1. The molecule has 3 fully saturated rings. The monoisotopic (exact) mass is 309 g/mol. The number of rotatable bonds is 5. The maximum Gasteiger partial charge on any atom is 0.0900 e. The number of hydrogen-bond acceptors (Lipinski definition) is 3. The van der Waals surface area contributed by atoms with E-state index < -0.39 is 0 Å². The van der Waals surface area contributed by atoms with Crippen LogP contribution in [0.1, 0.15) is 59.8 Å². The molecule has 2 saturated carbocycles. The molecule has 0 amide bonds. The van der Waals surface area contributed by atoms with E-state index in [4.69, 9.17) is 4.74 Å². The van der Waals surface area contributed by atoms with Crippen molar-refractivity contribution in [3.05, 3.63) is 0 Å². The maximum absolute atomic E-state index is 10.4. The van der Waals surface area contributed by atoms with Crippen molar-refractivity contribution in [1.82, 2.24) is 4.90 Å². The van der Waals surface area contributed by atoms with Crippen LogP contribution in [0.3, 0.4) is 0 Å². The van der Waals surface area contributed by atoms with E-state index >= 15 is 0 Å². The summed E-state index contributed by atoms with van der Waals surface area (Å²) >= 11 is 0. The Kier molecular flexibility index (Phi) is 4.61. The van der Waals surface area contributed by atoms with E-state index in [0.29, 0.717) is 18.1 Å².